The molecule has 4 nitrogen and oxygen atoms in total. The van der Waals surface area contributed by atoms with Crippen molar-refractivity contribution in [1.29, 1.82) is 0 Å². The lowest BCUT2D eigenvalue weighted by Gasteiger charge is -2.17. The van der Waals surface area contributed by atoms with Gasteiger partial charge in [0.1, 0.15) is 5.00 Å². The molecule has 2 aromatic rings. The van der Waals surface area contributed by atoms with E-state index in [1.54, 1.807) is 11.3 Å². The van der Waals surface area contributed by atoms with Crippen molar-refractivity contribution < 1.29 is 9.53 Å². The fraction of sp³-hybridized carbons (Fsp3) is 0.429. The van der Waals surface area contributed by atoms with Gasteiger partial charge in [-0.1, -0.05) is 32.0 Å². The molecule has 0 bridgehead atoms. The monoisotopic (exact) mass is 402 g/mol. The van der Waals surface area contributed by atoms with Crippen LogP contribution in [-0.2, 0) is 17.6 Å². The Hall–Kier alpha value is -1.92. The van der Waals surface area contributed by atoms with Gasteiger partial charge >= 0.3 is 5.97 Å². The molecule has 0 saturated heterocycles. The second-order valence-electron chi connectivity index (χ2n) is 6.88. The molecule has 0 fully saturated rings. The minimum atomic E-state index is -0.292. The van der Waals surface area contributed by atoms with Gasteiger partial charge in [0.25, 0.3) is 0 Å². The molecular weight excluding hydrogens is 376 g/mol. The van der Waals surface area contributed by atoms with E-state index >= 15 is 0 Å². The Kier molecular flexibility index (Phi) is 6.50. The van der Waals surface area contributed by atoms with Gasteiger partial charge in [-0.15, -0.1) is 11.3 Å². The van der Waals surface area contributed by atoms with Gasteiger partial charge in [0.2, 0.25) is 0 Å². The van der Waals surface area contributed by atoms with Crippen molar-refractivity contribution in [3.8, 4) is 0 Å². The van der Waals surface area contributed by atoms with E-state index in [1.165, 1.54) is 24.0 Å². The van der Waals surface area contributed by atoms with E-state index in [9.17, 15) is 4.79 Å². The topological polar surface area (TPSA) is 50.4 Å². The van der Waals surface area contributed by atoms with Crippen molar-refractivity contribution >= 4 is 45.3 Å². The number of methoxy groups -OCH3 is 1. The number of benzene rings is 1. The van der Waals surface area contributed by atoms with E-state index in [-0.39, 0.29) is 5.97 Å². The SMILES string of the molecule is CCC(C)c1ccccc1NC(=S)Nc1sc2c(c1C(=O)OC)CCCC2. The van der Waals surface area contributed by atoms with Crippen molar-refractivity contribution in [3.05, 3.63) is 45.8 Å². The fourth-order valence-electron chi connectivity index (χ4n) is 3.49. The summed E-state index contributed by atoms with van der Waals surface area (Å²) in [7, 11) is 1.43. The van der Waals surface area contributed by atoms with Gasteiger partial charge in [-0.05, 0) is 67.4 Å². The van der Waals surface area contributed by atoms with Gasteiger partial charge in [-0.3, -0.25) is 0 Å². The maximum absolute atomic E-state index is 12.4. The Morgan fingerprint density at radius 2 is 2.00 bits per heavy atom. The summed E-state index contributed by atoms with van der Waals surface area (Å²) in [5, 5.41) is 7.85. The minimum Gasteiger partial charge on any atom is -0.465 e. The summed E-state index contributed by atoms with van der Waals surface area (Å²) in [4.78, 5) is 13.6. The highest BCUT2D eigenvalue weighted by Crippen LogP contribution is 2.38. The predicted molar refractivity (Wildman–Crippen MR) is 117 cm³/mol. The number of carbonyl (C=O) groups excluding carboxylic acids is 1. The number of para-hydroxylation sites is 1. The van der Waals surface area contributed by atoms with E-state index < -0.39 is 0 Å². The van der Waals surface area contributed by atoms with Crippen LogP contribution in [0.4, 0.5) is 10.7 Å². The molecule has 1 aromatic heterocycles. The molecule has 144 valence electrons. The highest BCUT2D eigenvalue weighted by atomic mass is 32.1. The molecular formula is C21H26N2O2S2. The molecule has 1 aliphatic carbocycles. The first-order valence-corrected chi connectivity index (χ1v) is 10.7. The van der Waals surface area contributed by atoms with Crippen LogP contribution < -0.4 is 10.6 Å². The molecule has 6 heteroatoms. The molecule has 1 aliphatic rings. The Labute approximate surface area is 170 Å². The maximum atomic E-state index is 12.4. The molecule has 0 saturated carbocycles. The van der Waals surface area contributed by atoms with Crippen LogP contribution in [0.25, 0.3) is 0 Å². The summed E-state index contributed by atoms with van der Waals surface area (Å²) in [6, 6.07) is 8.21. The van der Waals surface area contributed by atoms with Gasteiger partial charge in [0.15, 0.2) is 5.11 Å². The molecule has 3 rings (SSSR count). The number of hydrogen-bond acceptors (Lipinski definition) is 4. The van der Waals surface area contributed by atoms with Crippen LogP contribution in [0.5, 0.6) is 0 Å². The minimum absolute atomic E-state index is 0.292. The van der Waals surface area contributed by atoms with E-state index in [2.05, 4.69) is 30.5 Å². The fourth-order valence-corrected chi connectivity index (χ4v) is 5.05. The van der Waals surface area contributed by atoms with Gasteiger partial charge < -0.3 is 15.4 Å². The van der Waals surface area contributed by atoms with Crippen LogP contribution >= 0.6 is 23.6 Å². The summed E-state index contributed by atoms with van der Waals surface area (Å²) in [6.45, 7) is 4.39. The maximum Gasteiger partial charge on any atom is 0.341 e. The van der Waals surface area contributed by atoms with Crippen LogP contribution in [0.15, 0.2) is 24.3 Å². The molecule has 0 aliphatic heterocycles. The lowest BCUT2D eigenvalue weighted by atomic mass is 9.95. The lowest BCUT2D eigenvalue weighted by Crippen LogP contribution is -2.21. The summed E-state index contributed by atoms with van der Waals surface area (Å²) in [5.74, 6) is 0.149. The average Bonchev–Trinajstić information content (AvgIpc) is 3.04. The van der Waals surface area contributed by atoms with Crippen molar-refractivity contribution in [2.75, 3.05) is 17.7 Å². The first kappa shape index (κ1) is 19.8. The molecule has 27 heavy (non-hydrogen) atoms. The van der Waals surface area contributed by atoms with Crippen LogP contribution in [0.3, 0.4) is 0 Å². The summed E-state index contributed by atoms with van der Waals surface area (Å²) in [5.41, 5.74) is 4.02. The van der Waals surface area contributed by atoms with Crippen molar-refractivity contribution in [2.24, 2.45) is 0 Å². The van der Waals surface area contributed by atoms with Gasteiger partial charge in [-0.25, -0.2) is 4.79 Å². The highest BCUT2D eigenvalue weighted by Gasteiger charge is 2.26. The molecule has 1 heterocycles. The number of ether oxygens (including phenoxy) is 1. The second kappa shape index (κ2) is 8.85. The molecule has 2 N–H and O–H groups in total. The Morgan fingerprint density at radius 1 is 1.26 bits per heavy atom. The van der Waals surface area contributed by atoms with E-state index in [4.69, 9.17) is 17.0 Å². The number of thiocarbonyl (C=S) groups is 1. The van der Waals surface area contributed by atoms with E-state index in [0.29, 0.717) is 16.6 Å². The molecule has 0 spiro atoms. The second-order valence-corrected chi connectivity index (χ2v) is 8.40. The normalized spacial score (nSPS) is 14.2. The first-order chi connectivity index (χ1) is 13.0. The van der Waals surface area contributed by atoms with Crippen LogP contribution in [0.2, 0.25) is 0 Å². The third-order valence-electron chi connectivity index (χ3n) is 5.14. The predicted octanol–water partition coefficient (Wildman–Crippen LogP) is 5.74. The molecule has 1 atom stereocenters. The molecule has 1 aromatic carbocycles. The Bertz CT molecular complexity index is 845. The summed E-state index contributed by atoms with van der Waals surface area (Å²) >= 11 is 7.18. The van der Waals surface area contributed by atoms with Gasteiger partial charge in [0, 0.05) is 10.6 Å². The number of hydrogen-bond donors (Lipinski definition) is 2. The first-order valence-electron chi connectivity index (χ1n) is 9.44. The van der Waals surface area contributed by atoms with Crippen molar-refractivity contribution in [1.82, 2.24) is 0 Å². The van der Waals surface area contributed by atoms with E-state index in [0.717, 1.165) is 41.9 Å². The van der Waals surface area contributed by atoms with Crippen LogP contribution in [0.1, 0.15) is 65.4 Å². The smallest absolute Gasteiger partial charge is 0.341 e. The zero-order valence-electron chi connectivity index (χ0n) is 16.1. The van der Waals surface area contributed by atoms with Crippen molar-refractivity contribution in [3.63, 3.8) is 0 Å². The number of rotatable bonds is 5. The third kappa shape index (κ3) is 4.33. The quantitative estimate of drug-likeness (QED) is 0.494. The molecule has 0 radical (unpaired) electrons. The summed E-state index contributed by atoms with van der Waals surface area (Å²) < 4.78 is 5.03. The van der Waals surface area contributed by atoms with Crippen molar-refractivity contribution in [2.45, 2.75) is 51.9 Å². The average molecular weight is 403 g/mol. The number of anilines is 2. The number of aryl methyl sites for hydroxylation is 1. The number of nitrogens with one attached hydrogen (secondary N) is 2. The number of carbonyl (C=O) groups is 1. The van der Waals surface area contributed by atoms with Crippen LogP contribution in [0, 0.1) is 0 Å². The standard InChI is InChI=1S/C21H26N2O2S2/c1-4-13(2)14-9-5-7-11-16(14)22-21(26)23-19-18(20(24)25-3)15-10-6-8-12-17(15)27-19/h5,7,9,11,13H,4,6,8,10,12H2,1-3H3,(H2,22,23,26). The Balaban J connectivity index is 1.83. The van der Waals surface area contributed by atoms with E-state index in [1.807, 2.05) is 18.2 Å². The highest BCUT2D eigenvalue weighted by molar-refractivity contribution is 7.80. The van der Waals surface area contributed by atoms with Gasteiger partial charge in [0.05, 0.1) is 12.7 Å². The number of fused-ring (bicyclic) bond motifs is 1. The third-order valence-corrected chi connectivity index (χ3v) is 6.55. The zero-order valence-corrected chi connectivity index (χ0v) is 17.7. The summed E-state index contributed by atoms with van der Waals surface area (Å²) in [6.07, 6.45) is 5.28. The Morgan fingerprint density at radius 3 is 2.74 bits per heavy atom. The largest absolute Gasteiger partial charge is 0.465 e. The van der Waals surface area contributed by atoms with Gasteiger partial charge in [-0.2, -0.15) is 0 Å². The zero-order chi connectivity index (χ0) is 19.4. The number of esters is 1. The van der Waals surface area contributed by atoms with Crippen LogP contribution in [-0.4, -0.2) is 18.2 Å². The lowest BCUT2D eigenvalue weighted by molar-refractivity contribution is 0.0601. The molecule has 1 unspecified atom stereocenters. The number of thiophene rings is 1. The molecule has 0 amide bonds.